The van der Waals surface area contributed by atoms with E-state index in [0.29, 0.717) is 43.2 Å². The Morgan fingerprint density at radius 2 is 1.55 bits per heavy atom. The van der Waals surface area contributed by atoms with Gasteiger partial charge in [-0.05, 0) is 24.6 Å². The van der Waals surface area contributed by atoms with Crippen LogP contribution in [0.25, 0.3) is 0 Å². The first kappa shape index (κ1) is 20.7. The van der Waals surface area contributed by atoms with E-state index in [2.05, 4.69) is 0 Å². The molecule has 1 unspecified atom stereocenters. The number of carbonyl (C=O) groups excluding carboxylic acids is 2. The molecule has 3 rings (SSSR count). The molecule has 0 radical (unpaired) electrons. The van der Waals surface area contributed by atoms with Gasteiger partial charge in [0.05, 0.1) is 19.8 Å². The van der Waals surface area contributed by atoms with Gasteiger partial charge in [-0.2, -0.15) is 0 Å². The van der Waals surface area contributed by atoms with E-state index >= 15 is 0 Å². The standard InChI is InChI=1S/C22H27N3O4/c1-22(23,16-7-5-4-6-8-16)21(27)25-13-11-24(12-14-25)20(26)18-10-9-17(28-2)15-19(18)29-3/h4-10,15H,11-14,23H2,1-3H3. The third kappa shape index (κ3) is 4.19. The van der Waals surface area contributed by atoms with Gasteiger partial charge in [0.25, 0.3) is 5.91 Å². The van der Waals surface area contributed by atoms with Crippen LogP contribution >= 0.6 is 0 Å². The number of nitrogens with two attached hydrogens (primary N) is 1. The van der Waals surface area contributed by atoms with Crippen LogP contribution in [0.2, 0.25) is 0 Å². The number of rotatable bonds is 5. The van der Waals surface area contributed by atoms with E-state index in [1.165, 1.54) is 7.11 Å². The second-order valence-electron chi connectivity index (χ2n) is 7.22. The van der Waals surface area contributed by atoms with Crippen molar-refractivity contribution in [3.63, 3.8) is 0 Å². The lowest BCUT2D eigenvalue weighted by Crippen LogP contribution is -2.57. The highest BCUT2D eigenvalue weighted by Crippen LogP contribution is 2.27. The van der Waals surface area contributed by atoms with E-state index in [4.69, 9.17) is 15.2 Å². The number of ether oxygens (including phenoxy) is 2. The van der Waals surface area contributed by atoms with E-state index in [1.807, 2.05) is 30.3 Å². The van der Waals surface area contributed by atoms with Crippen LogP contribution in [-0.2, 0) is 10.3 Å². The number of hydrogen-bond acceptors (Lipinski definition) is 5. The summed E-state index contributed by atoms with van der Waals surface area (Å²) in [4.78, 5) is 29.4. The Hall–Kier alpha value is -3.06. The molecule has 7 nitrogen and oxygen atoms in total. The minimum absolute atomic E-state index is 0.129. The molecule has 1 aliphatic rings. The Balaban J connectivity index is 1.67. The molecule has 1 saturated heterocycles. The van der Waals surface area contributed by atoms with Crippen molar-refractivity contribution in [1.29, 1.82) is 0 Å². The molecule has 1 atom stereocenters. The lowest BCUT2D eigenvalue weighted by Gasteiger charge is -2.38. The minimum atomic E-state index is -1.10. The number of carbonyl (C=O) groups is 2. The zero-order valence-electron chi connectivity index (χ0n) is 17.1. The topological polar surface area (TPSA) is 85.1 Å². The van der Waals surface area contributed by atoms with Crippen LogP contribution in [-0.4, -0.2) is 62.0 Å². The quantitative estimate of drug-likeness (QED) is 0.833. The average Bonchev–Trinajstić information content (AvgIpc) is 2.78. The molecular weight excluding hydrogens is 370 g/mol. The molecule has 2 aromatic carbocycles. The third-order valence-corrected chi connectivity index (χ3v) is 5.31. The molecular formula is C22H27N3O4. The van der Waals surface area contributed by atoms with Crippen LogP contribution in [0, 0.1) is 0 Å². The summed E-state index contributed by atoms with van der Waals surface area (Å²) in [6, 6.07) is 14.5. The lowest BCUT2D eigenvalue weighted by atomic mass is 9.91. The number of benzene rings is 2. The summed E-state index contributed by atoms with van der Waals surface area (Å²) in [7, 11) is 3.08. The molecule has 2 aromatic rings. The summed E-state index contributed by atoms with van der Waals surface area (Å²) in [6.45, 7) is 3.46. The van der Waals surface area contributed by atoms with E-state index in [1.54, 1.807) is 42.0 Å². The molecule has 7 heteroatoms. The molecule has 0 bridgehead atoms. The summed E-state index contributed by atoms with van der Waals surface area (Å²) in [5.74, 6) is 0.816. The molecule has 0 saturated carbocycles. The second kappa shape index (κ2) is 8.53. The SMILES string of the molecule is COc1ccc(C(=O)N2CCN(C(=O)C(C)(N)c3ccccc3)CC2)c(OC)c1. The molecule has 1 heterocycles. The molecule has 1 fully saturated rings. The van der Waals surface area contributed by atoms with E-state index in [9.17, 15) is 9.59 Å². The van der Waals surface area contributed by atoms with Crippen LogP contribution in [0.1, 0.15) is 22.8 Å². The highest BCUT2D eigenvalue weighted by atomic mass is 16.5. The smallest absolute Gasteiger partial charge is 0.257 e. The van der Waals surface area contributed by atoms with Gasteiger partial charge in [-0.1, -0.05) is 30.3 Å². The van der Waals surface area contributed by atoms with Crippen molar-refractivity contribution in [1.82, 2.24) is 9.80 Å². The fourth-order valence-electron chi connectivity index (χ4n) is 3.49. The van der Waals surface area contributed by atoms with Gasteiger partial charge in [-0.25, -0.2) is 0 Å². The van der Waals surface area contributed by atoms with Crippen molar-refractivity contribution < 1.29 is 19.1 Å². The normalized spacial score (nSPS) is 16.1. The summed E-state index contributed by atoms with van der Waals surface area (Å²) < 4.78 is 10.5. The highest BCUT2D eigenvalue weighted by molar-refractivity contribution is 5.97. The van der Waals surface area contributed by atoms with Gasteiger partial charge in [0.15, 0.2) is 0 Å². The first-order chi connectivity index (χ1) is 13.9. The fraction of sp³-hybridized carbons (Fsp3) is 0.364. The maximum Gasteiger partial charge on any atom is 0.257 e. The van der Waals surface area contributed by atoms with E-state index in [0.717, 1.165) is 5.56 Å². The predicted octanol–water partition coefficient (Wildman–Crippen LogP) is 1.86. The van der Waals surface area contributed by atoms with Crippen molar-refractivity contribution in [3.05, 3.63) is 59.7 Å². The Labute approximate surface area is 171 Å². The zero-order valence-corrected chi connectivity index (χ0v) is 17.1. The van der Waals surface area contributed by atoms with Crippen molar-refractivity contribution in [2.75, 3.05) is 40.4 Å². The monoisotopic (exact) mass is 397 g/mol. The number of methoxy groups -OCH3 is 2. The minimum Gasteiger partial charge on any atom is -0.497 e. The Morgan fingerprint density at radius 3 is 2.14 bits per heavy atom. The van der Waals surface area contributed by atoms with Crippen molar-refractivity contribution in [3.8, 4) is 11.5 Å². The van der Waals surface area contributed by atoms with Crippen molar-refractivity contribution >= 4 is 11.8 Å². The summed E-state index contributed by atoms with van der Waals surface area (Å²) in [5, 5.41) is 0. The van der Waals surface area contributed by atoms with Crippen LogP contribution in [0.3, 0.4) is 0 Å². The number of amides is 2. The maximum atomic E-state index is 13.0. The Kier molecular flexibility index (Phi) is 6.08. The molecule has 2 amide bonds. The molecule has 0 spiro atoms. The zero-order chi connectivity index (χ0) is 21.0. The van der Waals surface area contributed by atoms with Gasteiger partial charge >= 0.3 is 0 Å². The van der Waals surface area contributed by atoms with Gasteiger partial charge < -0.3 is 25.0 Å². The van der Waals surface area contributed by atoms with Crippen molar-refractivity contribution in [2.45, 2.75) is 12.5 Å². The van der Waals surface area contributed by atoms with Crippen LogP contribution < -0.4 is 15.2 Å². The van der Waals surface area contributed by atoms with Crippen molar-refractivity contribution in [2.24, 2.45) is 5.73 Å². The molecule has 154 valence electrons. The van der Waals surface area contributed by atoms with Crippen LogP contribution in [0.15, 0.2) is 48.5 Å². The summed E-state index contributed by atoms with van der Waals surface area (Å²) in [6.07, 6.45) is 0. The van der Waals surface area contributed by atoms with Gasteiger partial charge in [0, 0.05) is 32.2 Å². The summed E-state index contributed by atoms with van der Waals surface area (Å²) >= 11 is 0. The molecule has 2 N–H and O–H groups in total. The average molecular weight is 397 g/mol. The second-order valence-corrected chi connectivity index (χ2v) is 7.22. The Bertz CT molecular complexity index is 875. The maximum absolute atomic E-state index is 13.0. The third-order valence-electron chi connectivity index (χ3n) is 5.31. The number of nitrogens with zero attached hydrogens (tertiary/aromatic N) is 2. The largest absolute Gasteiger partial charge is 0.497 e. The fourth-order valence-corrected chi connectivity index (χ4v) is 3.49. The molecule has 0 aromatic heterocycles. The molecule has 0 aliphatic carbocycles. The first-order valence-electron chi connectivity index (χ1n) is 9.53. The van der Waals surface area contributed by atoms with E-state index < -0.39 is 5.54 Å². The number of piperazine rings is 1. The lowest BCUT2D eigenvalue weighted by molar-refractivity contribution is -0.138. The first-order valence-corrected chi connectivity index (χ1v) is 9.53. The molecule has 1 aliphatic heterocycles. The van der Waals surface area contributed by atoms with Gasteiger partial charge in [-0.3, -0.25) is 9.59 Å². The van der Waals surface area contributed by atoms with Gasteiger partial charge in [0.2, 0.25) is 5.91 Å². The number of hydrogen-bond donors (Lipinski definition) is 1. The molecule has 29 heavy (non-hydrogen) atoms. The Morgan fingerprint density at radius 1 is 0.931 bits per heavy atom. The van der Waals surface area contributed by atoms with Crippen LogP contribution in [0.5, 0.6) is 11.5 Å². The summed E-state index contributed by atoms with van der Waals surface area (Å²) in [5.41, 5.74) is 6.50. The van der Waals surface area contributed by atoms with Gasteiger partial charge in [0.1, 0.15) is 17.0 Å². The van der Waals surface area contributed by atoms with E-state index in [-0.39, 0.29) is 11.8 Å². The predicted molar refractivity (Wildman–Crippen MR) is 110 cm³/mol. The highest BCUT2D eigenvalue weighted by Gasteiger charge is 2.36. The van der Waals surface area contributed by atoms with Gasteiger partial charge in [-0.15, -0.1) is 0 Å². The van der Waals surface area contributed by atoms with Crippen LogP contribution in [0.4, 0.5) is 0 Å².